The maximum Gasteiger partial charge on any atom is 0.157 e. The summed E-state index contributed by atoms with van der Waals surface area (Å²) in [4.78, 5) is 15.4. The van der Waals surface area contributed by atoms with Gasteiger partial charge in [0.05, 0.1) is 0 Å². The van der Waals surface area contributed by atoms with Crippen molar-refractivity contribution in [3.63, 3.8) is 0 Å². The Balaban J connectivity index is 2.04. The molecule has 0 heterocycles. The van der Waals surface area contributed by atoms with Gasteiger partial charge in [-0.1, -0.05) is 55.8 Å². The zero-order valence-corrected chi connectivity index (χ0v) is 14.2. The molecule has 1 N–H and O–H groups in total. The molecule has 0 spiro atoms. The second kappa shape index (κ2) is 7.18. The summed E-state index contributed by atoms with van der Waals surface area (Å²) in [7, 11) is 0. The molecule has 3 nitrogen and oxygen atoms in total. The number of benzene rings is 2. The molecule has 3 heteroatoms. The van der Waals surface area contributed by atoms with Crippen LogP contribution in [-0.4, -0.2) is 22.3 Å². The van der Waals surface area contributed by atoms with Crippen molar-refractivity contribution in [2.24, 2.45) is 0 Å². The monoisotopic (exact) mass is 323 g/mol. The van der Waals surface area contributed by atoms with Crippen molar-refractivity contribution < 1.29 is 9.90 Å². The van der Waals surface area contributed by atoms with Gasteiger partial charge in [0.1, 0.15) is 11.3 Å². The second-order valence-electron chi connectivity index (χ2n) is 6.54. The summed E-state index contributed by atoms with van der Waals surface area (Å²) in [5.41, 5.74) is 1.50. The second-order valence-corrected chi connectivity index (χ2v) is 6.54. The molecule has 1 aliphatic carbocycles. The molecule has 126 valence electrons. The Morgan fingerprint density at radius 2 is 1.88 bits per heavy atom. The summed E-state index contributed by atoms with van der Waals surface area (Å²) in [6, 6.07) is 17.5. The van der Waals surface area contributed by atoms with E-state index in [1.54, 1.807) is 12.1 Å². The van der Waals surface area contributed by atoms with Gasteiger partial charge in [-0.2, -0.15) is 0 Å². The molecule has 2 aromatic carbocycles. The number of nitrogens with zero attached hydrogens (tertiary/aromatic N) is 1. The number of phenols is 1. The van der Waals surface area contributed by atoms with Crippen LogP contribution in [0.25, 0.3) is 0 Å². The van der Waals surface area contributed by atoms with Crippen LogP contribution in [0.4, 0.5) is 0 Å². The largest absolute Gasteiger partial charge is 0.508 e. The fourth-order valence-electron chi connectivity index (χ4n) is 3.92. The van der Waals surface area contributed by atoms with Crippen LogP contribution in [-0.2, 0) is 16.9 Å². The van der Waals surface area contributed by atoms with Gasteiger partial charge in [-0.3, -0.25) is 9.69 Å². The third-order valence-electron chi connectivity index (χ3n) is 5.12. The van der Waals surface area contributed by atoms with Gasteiger partial charge < -0.3 is 5.11 Å². The van der Waals surface area contributed by atoms with Gasteiger partial charge in [-0.05, 0) is 42.6 Å². The SMILES string of the molecule is CCN(Cc1ccccc1)C1(c2cccc(O)c2)CCCCC1=O. The average Bonchev–Trinajstić information content (AvgIpc) is 2.61. The van der Waals surface area contributed by atoms with E-state index < -0.39 is 5.54 Å². The van der Waals surface area contributed by atoms with Gasteiger partial charge in [0.2, 0.25) is 0 Å². The molecular formula is C21H25NO2. The highest BCUT2D eigenvalue weighted by molar-refractivity contribution is 5.90. The van der Waals surface area contributed by atoms with Gasteiger partial charge >= 0.3 is 0 Å². The van der Waals surface area contributed by atoms with Gasteiger partial charge in [0.15, 0.2) is 5.78 Å². The lowest BCUT2D eigenvalue weighted by Crippen LogP contribution is -2.53. The van der Waals surface area contributed by atoms with Crippen molar-refractivity contribution in [3.05, 3.63) is 65.7 Å². The minimum atomic E-state index is -0.623. The molecule has 24 heavy (non-hydrogen) atoms. The smallest absolute Gasteiger partial charge is 0.157 e. The number of carbonyl (C=O) groups is 1. The maximum absolute atomic E-state index is 13.1. The van der Waals surface area contributed by atoms with E-state index in [2.05, 4.69) is 24.0 Å². The van der Waals surface area contributed by atoms with Crippen LogP contribution in [0.3, 0.4) is 0 Å². The van der Waals surface area contributed by atoms with E-state index in [0.717, 1.165) is 37.9 Å². The lowest BCUT2D eigenvalue weighted by molar-refractivity contribution is -0.135. The maximum atomic E-state index is 13.1. The summed E-state index contributed by atoms with van der Waals surface area (Å²) in [5.74, 6) is 0.498. The first kappa shape index (κ1) is 16.7. The van der Waals surface area contributed by atoms with Crippen molar-refractivity contribution in [2.45, 2.75) is 44.7 Å². The number of likely N-dealkylation sites (N-methyl/N-ethyl adjacent to an activating group) is 1. The Bertz CT molecular complexity index is 698. The molecule has 0 saturated heterocycles. The van der Waals surface area contributed by atoms with Crippen LogP contribution in [0.2, 0.25) is 0 Å². The van der Waals surface area contributed by atoms with Gasteiger partial charge in [-0.15, -0.1) is 0 Å². The third-order valence-corrected chi connectivity index (χ3v) is 5.12. The van der Waals surface area contributed by atoms with Crippen LogP contribution < -0.4 is 0 Å². The van der Waals surface area contributed by atoms with Crippen LogP contribution in [0.1, 0.15) is 43.7 Å². The van der Waals surface area contributed by atoms with Crippen LogP contribution >= 0.6 is 0 Å². The quantitative estimate of drug-likeness (QED) is 0.894. The van der Waals surface area contributed by atoms with E-state index in [0.29, 0.717) is 6.42 Å². The first-order chi connectivity index (χ1) is 11.7. The minimum Gasteiger partial charge on any atom is -0.508 e. The Kier molecular flexibility index (Phi) is 5.00. The summed E-state index contributed by atoms with van der Waals surface area (Å²) in [6.45, 7) is 3.63. The molecule has 0 aliphatic heterocycles. The standard InChI is InChI=1S/C21H25NO2/c1-2-22(16-17-9-4-3-5-10-17)21(14-7-6-13-20(21)24)18-11-8-12-19(23)15-18/h3-5,8-12,15,23H,2,6-7,13-14,16H2,1H3. The summed E-state index contributed by atoms with van der Waals surface area (Å²) in [6.07, 6.45) is 3.42. The molecule has 1 atom stereocenters. The van der Waals surface area contributed by atoms with E-state index in [4.69, 9.17) is 0 Å². The molecular weight excluding hydrogens is 298 g/mol. The molecule has 1 unspecified atom stereocenters. The Morgan fingerprint density at radius 1 is 1.08 bits per heavy atom. The number of rotatable bonds is 5. The van der Waals surface area contributed by atoms with Gasteiger partial charge in [-0.25, -0.2) is 0 Å². The minimum absolute atomic E-state index is 0.223. The van der Waals surface area contributed by atoms with Gasteiger partial charge in [0, 0.05) is 13.0 Å². The van der Waals surface area contributed by atoms with Crippen LogP contribution in [0.15, 0.2) is 54.6 Å². The van der Waals surface area contributed by atoms with Gasteiger partial charge in [0.25, 0.3) is 0 Å². The molecule has 1 saturated carbocycles. The van der Waals surface area contributed by atoms with Crippen molar-refractivity contribution >= 4 is 5.78 Å². The first-order valence-corrected chi connectivity index (χ1v) is 8.78. The topological polar surface area (TPSA) is 40.5 Å². The van der Waals surface area contributed by atoms with E-state index in [1.165, 1.54) is 5.56 Å². The number of ketones is 1. The summed E-state index contributed by atoms with van der Waals surface area (Å²) < 4.78 is 0. The summed E-state index contributed by atoms with van der Waals surface area (Å²) >= 11 is 0. The third kappa shape index (κ3) is 3.09. The Morgan fingerprint density at radius 3 is 2.54 bits per heavy atom. The molecule has 2 aromatic rings. The number of hydrogen-bond donors (Lipinski definition) is 1. The first-order valence-electron chi connectivity index (χ1n) is 8.78. The zero-order chi connectivity index (χ0) is 17.0. The lowest BCUT2D eigenvalue weighted by atomic mass is 9.74. The highest BCUT2D eigenvalue weighted by Crippen LogP contribution is 2.41. The molecule has 3 rings (SSSR count). The van der Waals surface area contributed by atoms with E-state index in [9.17, 15) is 9.90 Å². The predicted octanol–water partition coefficient (Wildman–Crippen LogP) is 4.25. The molecule has 0 bridgehead atoms. The lowest BCUT2D eigenvalue weighted by Gasteiger charge is -2.45. The average molecular weight is 323 g/mol. The summed E-state index contributed by atoms with van der Waals surface area (Å²) in [5, 5.41) is 9.96. The fraction of sp³-hybridized carbons (Fsp3) is 0.381. The van der Waals surface area contributed by atoms with Crippen molar-refractivity contribution in [1.82, 2.24) is 4.90 Å². The van der Waals surface area contributed by atoms with Crippen LogP contribution in [0.5, 0.6) is 5.75 Å². The number of hydrogen-bond acceptors (Lipinski definition) is 3. The van der Waals surface area contributed by atoms with Crippen molar-refractivity contribution in [2.75, 3.05) is 6.54 Å². The Hall–Kier alpha value is -2.13. The fourth-order valence-corrected chi connectivity index (χ4v) is 3.92. The van der Waals surface area contributed by atoms with E-state index in [-0.39, 0.29) is 11.5 Å². The molecule has 1 aliphatic rings. The molecule has 1 fully saturated rings. The molecule has 0 aromatic heterocycles. The number of phenolic OH excluding ortho intramolecular Hbond substituents is 1. The highest BCUT2D eigenvalue weighted by Gasteiger charge is 2.45. The molecule has 0 amide bonds. The van der Waals surface area contributed by atoms with Crippen molar-refractivity contribution in [1.29, 1.82) is 0 Å². The normalized spacial score (nSPS) is 21.2. The number of carbonyl (C=O) groups excluding carboxylic acids is 1. The molecule has 0 radical (unpaired) electrons. The number of Topliss-reactive ketones (excluding diaryl/α,β-unsaturated/α-hetero) is 1. The predicted molar refractivity (Wildman–Crippen MR) is 95.8 cm³/mol. The van der Waals surface area contributed by atoms with Crippen molar-refractivity contribution in [3.8, 4) is 5.75 Å². The highest BCUT2D eigenvalue weighted by atomic mass is 16.3. The zero-order valence-electron chi connectivity index (χ0n) is 14.2. The van der Waals surface area contributed by atoms with E-state index >= 15 is 0 Å². The van der Waals surface area contributed by atoms with E-state index in [1.807, 2.05) is 30.3 Å². The number of aromatic hydroxyl groups is 1. The van der Waals surface area contributed by atoms with Crippen LogP contribution in [0, 0.1) is 0 Å². The Labute approximate surface area is 143 Å².